The first-order valence-corrected chi connectivity index (χ1v) is 6.35. The zero-order valence-electron chi connectivity index (χ0n) is 10.5. The number of amides is 1. The third-order valence-corrected chi connectivity index (χ3v) is 3.79. The molecule has 1 aromatic rings. The summed E-state index contributed by atoms with van der Waals surface area (Å²) in [6.07, 6.45) is 1.45. The minimum atomic E-state index is -0.663. The monoisotopic (exact) mass is 267 g/mol. The van der Waals surface area contributed by atoms with E-state index < -0.39 is 5.41 Å². The van der Waals surface area contributed by atoms with Crippen molar-refractivity contribution in [2.24, 2.45) is 17.1 Å². The molecule has 0 bridgehead atoms. The summed E-state index contributed by atoms with van der Waals surface area (Å²) in [6, 6.07) is 1.79. The van der Waals surface area contributed by atoms with Crippen LogP contribution in [-0.4, -0.2) is 16.1 Å². The first-order chi connectivity index (χ1) is 8.44. The van der Waals surface area contributed by atoms with E-state index in [1.807, 2.05) is 6.92 Å². The second-order valence-electron chi connectivity index (χ2n) is 5.08. The molecule has 1 aliphatic rings. The van der Waals surface area contributed by atoms with Crippen molar-refractivity contribution in [2.75, 3.05) is 0 Å². The maximum absolute atomic E-state index is 12.2. The summed E-state index contributed by atoms with van der Waals surface area (Å²) in [5.74, 6) is 1.01. The highest BCUT2D eigenvalue weighted by atomic mass is 32.1. The Morgan fingerprint density at radius 3 is 2.83 bits per heavy atom. The molecule has 1 fully saturated rings. The summed E-state index contributed by atoms with van der Waals surface area (Å²) in [5, 5.41) is 6.58. The number of hydrogen-bond donors (Lipinski definition) is 2. The maximum Gasteiger partial charge on any atom is 0.233 e. The highest BCUT2D eigenvalue weighted by Gasteiger charge is 2.50. The SMILES string of the molecule is Cc1cc(CNC(=O)C2(C(N)=S)CC(C)C2)on1. The number of nitrogens with two attached hydrogens (primary N) is 1. The number of aryl methyl sites for hydroxylation is 1. The Morgan fingerprint density at radius 2 is 2.39 bits per heavy atom. The Balaban J connectivity index is 1.97. The molecule has 1 saturated carbocycles. The first-order valence-electron chi connectivity index (χ1n) is 5.94. The Morgan fingerprint density at radius 1 is 1.72 bits per heavy atom. The fourth-order valence-electron chi connectivity index (χ4n) is 2.46. The number of nitrogens with one attached hydrogen (secondary N) is 1. The van der Waals surface area contributed by atoms with Crippen molar-refractivity contribution in [3.05, 3.63) is 17.5 Å². The van der Waals surface area contributed by atoms with Gasteiger partial charge in [0.05, 0.1) is 22.6 Å². The third kappa shape index (κ3) is 2.25. The lowest BCUT2D eigenvalue weighted by Crippen LogP contribution is -2.55. The van der Waals surface area contributed by atoms with Crippen LogP contribution in [0.5, 0.6) is 0 Å². The number of aromatic nitrogens is 1. The smallest absolute Gasteiger partial charge is 0.233 e. The van der Waals surface area contributed by atoms with Crippen LogP contribution in [0.15, 0.2) is 10.6 Å². The van der Waals surface area contributed by atoms with Gasteiger partial charge in [0.25, 0.3) is 0 Å². The van der Waals surface area contributed by atoms with Gasteiger partial charge in [-0.2, -0.15) is 0 Å². The zero-order valence-corrected chi connectivity index (χ0v) is 11.3. The van der Waals surface area contributed by atoms with Crippen LogP contribution in [-0.2, 0) is 11.3 Å². The minimum Gasteiger partial charge on any atom is -0.392 e. The molecule has 1 amide bonds. The zero-order chi connectivity index (χ0) is 13.3. The summed E-state index contributed by atoms with van der Waals surface area (Å²) < 4.78 is 5.03. The molecule has 5 nitrogen and oxygen atoms in total. The Labute approximate surface area is 111 Å². The predicted molar refractivity (Wildman–Crippen MR) is 70.7 cm³/mol. The molecule has 1 aliphatic carbocycles. The lowest BCUT2D eigenvalue weighted by atomic mass is 9.62. The van der Waals surface area contributed by atoms with E-state index in [2.05, 4.69) is 17.4 Å². The van der Waals surface area contributed by atoms with Crippen LogP contribution >= 0.6 is 12.2 Å². The summed E-state index contributed by atoms with van der Waals surface area (Å²) in [4.78, 5) is 12.5. The van der Waals surface area contributed by atoms with Gasteiger partial charge in [-0.05, 0) is 25.7 Å². The summed E-state index contributed by atoms with van der Waals surface area (Å²) in [7, 11) is 0. The van der Waals surface area contributed by atoms with E-state index in [9.17, 15) is 4.79 Å². The van der Waals surface area contributed by atoms with Gasteiger partial charge in [-0.1, -0.05) is 24.3 Å². The molecular weight excluding hydrogens is 250 g/mol. The van der Waals surface area contributed by atoms with Gasteiger partial charge in [-0.25, -0.2) is 0 Å². The first kappa shape index (κ1) is 13.0. The largest absolute Gasteiger partial charge is 0.392 e. The number of nitrogens with zero attached hydrogens (tertiary/aromatic N) is 1. The van der Waals surface area contributed by atoms with Crippen LogP contribution in [0.2, 0.25) is 0 Å². The van der Waals surface area contributed by atoms with E-state index in [1.54, 1.807) is 6.07 Å². The lowest BCUT2D eigenvalue weighted by Gasteiger charge is -2.44. The topological polar surface area (TPSA) is 81.2 Å². The van der Waals surface area contributed by atoms with Crippen molar-refractivity contribution in [3.8, 4) is 0 Å². The van der Waals surface area contributed by atoms with Crippen molar-refractivity contribution >= 4 is 23.1 Å². The molecule has 0 spiro atoms. The van der Waals surface area contributed by atoms with Crippen LogP contribution in [0.4, 0.5) is 0 Å². The van der Waals surface area contributed by atoms with Crippen LogP contribution in [0.1, 0.15) is 31.2 Å². The number of thiocarbonyl (C=S) groups is 1. The van der Waals surface area contributed by atoms with Crippen molar-refractivity contribution in [1.29, 1.82) is 0 Å². The number of carbonyl (C=O) groups excluding carboxylic acids is 1. The second-order valence-corrected chi connectivity index (χ2v) is 5.52. The van der Waals surface area contributed by atoms with Crippen LogP contribution in [0.25, 0.3) is 0 Å². The van der Waals surface area contributed by atoms with Gasteiger partial charge in [0.1, 0.15) is 0 Å². The van der Waals surface area contributed by atoms with Crippen molar-refractivity contribution in [2.45, 2.75) is 33.2 Å². The fourth-order valence-corrected chi connectivity index (χ4v) is 2.72. The number of rotatable bonds is 4. The molecular formula is C12H17N3O2S. The standard InChI is InChI=1S/C12H17N3O2S/c1-7-4-12(5-7,10(13)18)11(16)14-6-9-3-8(2)15-17-9/h3,7H,4-6H2,1-2H3,(H2,13,18)(H,14,16). The Bertz CT molecular complexity index is 477. The molecule has 98 valence electrons. The van der Waals surface area contributed by atoms with Crippen molar-refractivity contribution in [3.63, 3.8) is 0 Å². The third-order valence-electron chi connectivity index (χ3n) is 3.40. The van der Waals surface area contributed by atoms with Gasteiger partial charge in [0.15, 0.2) is 5.76 Å². The molecule has 1 aromatic heterocycles. The van der Waals surface area contributed by atoms with Gasteiger partial charge in [-0.15, -0.1) is 0 Å². The number of hydrogen-bond acceptors (Lipinski definition) is 4. The van der Waals surface area contributed by atoms with E-state index in [0.29, 0.717) is 18.2 Å². The molecule has 1 heterocycles. The summed E-state index contributed by atoms with van der Waals surface area (Å²) in [6.45, 7) is 4.24. The van der Waals surface area contributed by atoms with Crippen LogP contribution < -0.4 is 11.1 Å². The second kappa shape index (κ2) is 4.68. The quantitative estimate of drug-likeness (QED) is 0.804. The van der Waals surface area contributed by atoms with Crippen molar-refractivity contribution in [1.82, 2.24) is 10.5 Å². The van der Waals surface area contributed by atoms with E-state index in [-0.39, 0.29) is 10.9 Å². The van der Waals surface area contributed by atoms with E-state index >= 15 is 0 Å². The Hall–Kier alpha value is -1.43. The summed E-state index contributed by atoms with van der Waals surface area (Å²) in [5.41, 5.74) is 5.83. The molecule has 0 saturated heterocycles. The maximum atomic E-state index is 12.2. The molecule has 0 aromatic carbocycles. The van der Waals surface area contributed by atoms with Gasteiger partial charge in [0.2, 0.25) is 5.91 Å². The molecule has 2 rings (SSSR count). The molecule has 0 atom stereocenters. The van der Waals surface area contributed by atoms with Gasteiger partial charge >= 0.3 is 0 Å². The predicted octanol–water partition coefficient (Wildman–Crippen LogP) is 1.30. The average Bonchev–Trinajstić information content (AvgIpc) is 2.67. The van der Waals surface area contributed by atoms with Gasteiger partial charge in [0, 0.05) is 6.07 Å². The normalized spacial score (nSPS) is 26.4. The minimum absolute atomic E-state index is 0.109. The molecule has 18 heavy (non-hydrogen) atoms. The van der Waals surface area contributed by atoms with Crippen molar-refractivity contribution < 1.29 is 9.32 Å². The molecule has 0 radical (unpaired) electrons. The fraction of sp³-hybridized carbons (Fsp3) is 0.583. The Kier molecular flexibility index (Phi) is 3.38. The average molecular weight is 267 g/mol. The summed E-state index contributed by atoms with van der Waals surface area (Å²) >= 11 is 5.03. The molecule has 0 unspecified atom stereocenters. The van der Waals surface area contributed by atoms with Crippen LogP contribution in [0, 0.1) is 18.3 Å². The number of carbonyl (C=O) groups is 1. The van der Waals surface area contributed by atoms with E-state index in [1.165, 1.54) is 0 Å². The van der Waals surface area contributed by atoms with E-state index in [4.69, 9.17) is 22.5 Å². The van der Waals surface area contributed by atoms with E-state index in [0.717, 1.165) is 18.5 Å². The van der Waals surface area contributed by atoms with Gasteiger partial charge < -0.3 is 15.6 Å². The highest BCUT2D eigenvalue weighted by Crippen LogP contribution is 2.45. The molecule has 3 N–H and O–H groups in total. The highest BCUT2D eigenvalue weighted by molar-refractivity contribution is 7.80. The molecule has 6 heteroatoms. The molecule has 0 aliphatic heterocycles. The van der Waals surface area contributed by atoms with Gasteiger partial charge in [-0.3, -0.25) is 4.79 Å². The lowest BCUT2D eigenvalue weighted by molar-refractivity contribution is -0.133. The van der Waals surface area contributed by atoms with Crippen LogP contribution in [0.3, 0.4) is 0 Å².